The van der Waals surface area contributed by atoms with Crippen LogP contribution in [0, 0.1) is 0 Å². The standard InChI is InChI=1S/C28H39N5O3S/c34-27(31-11-5-9-29-10-12-31)25-20-24(22-33(25)28(35)26-8-4-19-37-26)32(21-23-6-2-1-3-7-23)14-13-30-15-17-36-18-16-30/h1-4,6-8,19,24-25,29H,5,9-18,20-22H2. The first-order valence-corrected chi connectivity index (χ1v) is 14.5. The topological polar surface area (TPSA) is 68.4 Å². The van der Waals surface area contributed by atoms with Crippen molar-refractivity contribution in [2.75, 3.05) is 72.1 Å². The normalized spacial score (nSPS) is 23.4. The van der Waals surface area contributed by atoms with Crippen molar-refractivity contribution in [3.63, 3.8) is 0 Å². The van der Waals surface area contributed by atoms with Gasteiger partial charge in [-0.2, -0.15) is 0 Å². The van der Waals surface area contributed by atoms with Gasteiger partial charge in [-0.25, -0.2) is 0 Å². The first kappa shape index (κ1) is 26.3. The van der Waals surface area contributed by atoms with Crippen LogP contribution in [0.5, 0.6) is 0 Å². The first-order chi connectivity index (χ1) is 18.2. The van der Waals surface area contributed by atoms with Crippen LogP contribution in [0.25, 0.3) is 0 Å². The van der Waals surface area contributed by atoms with Crippen LogP contribution in [0.2, 0.25) is 0 Å². The molecule has 5 rings (SSSR count). The molecule has 0 radical (unpaired) electrons. The highest BCUT2D eigenvalue weighted by atomic mass is 32.1. The summed E-state index contributed by atoms with van der Waals surface area (Å²) in [5.41, 5.74) is 1.26. The fraction of sp³-hybridized carbons (Fsp3) is 0.571. The van der Waals surface area contributed by atoms with Gasteiger partial charge in [0.25, 0.3) is 5.91 Å². The molecule has 2 amide bonds. The Bertz CT molecular complexity index is 991. The number of hydrogen-bond acceptors (Lipinski definition) is 7. The largest absolute Gasteiger partial charge is 0.379 e. The molecule has 3 aliphatic heterocycles. The number of morpholine rings is 1. The maximum atomic E-state index is 13.8. The Hall–Kier alpha value is -2.30. The maximum absolute atomic E-state index is 13.8. The second-order valence-electron chi connectivity index (χ2n) is 10.2. The molecule has 0 saturated carbocycles. The summed E-state index contributed by atoms with van der Waals surface area (Å²) >= 11 is 1.45. The van der Waals surface area contributed by atoms with Crippen LogP contribution in [0.1, 0.15) is 28.1 Å². The zero-order valence-corrected chi connectivity index (χ0v) is 22.4. The molecule has 0 spiro atoms. The second-order valence-corrected chi connectivity index (χ2v) is 11.1. The fourth-order valence-corrected chi connectivity index (χ4v) is 6.34. The van der Waals surface area contributed by atoms with Crippen molar-refractivity contribution < 1.29 is 14.3 Å². The van der Waals surface area contributed by atoms with E-state index in [1.165, 1.54) is 16.9 Å². The van der Waals surface area contributed by atoms with Gasteiger partial charge in [0.2, 0.25) is 5.91 Å². The van der Waals surface area contributed by atoms with Crippen LogP contribution in [-0.2, 0) is 16.1 Å². The van der Waals surface area contributed by atoms with Gasteiger partial charge >= 0.3 is 0 Å². The van der Waals surface area contributed by atoms with Crippen molar-refractivity contribution in [1.82, 2.24) is 24.9 Å². The third-order valence-corrected chi connectivity index (χ3v) is 8.62. The van der Waals surface area contributed by atoms with Gasteiger partial charge in [-0.15, -0.1) is 11.3 Å². The zero-order valence-electron chi connectivity index (χ0n) is 21.6. The lowest BCUT2D eigenvalue weighted by Crippen LogP contribution is -2.48. The molecule has 4 heterocycles. The number of benzene rings is 1. The minimum Gasteiger partial charge on any atom is -0.379 e. The Morgan fingerprint density at radius 3 is 2.65 bits per heavy atom. The van der Waals surface area contributed by atoms with Gasteiger partial charge in [0.15, 0.2) is 0 Å². The molecule has 2 aromatic rings. The highest BCUT2D eigenvalue weighted by Crippen LogP contribution is 2.28. The molecule has 1 aromatic heterocycles. The van der Waals surface area contributed by atoms with Gasteiger partial charge in [-0.05, 0) is 36.4 Å². The van der Waals surface area contributed by atoms with Gasteiger partial charge in [-0.1, -0.05) is 36.4 Å². The van der Waals surface area contributed by atoms with E-state index in [2.05, 4.69) is 39.4 Å². The first-order valence-electron chi connectivity index (χ1n) is 13.6. The molecule has 0 bridgehead atoms. The number of hydrogen-bond donors (Lipinski definition) is 1. The van der Waals surface area contributed by atoms with Crippen LogP contribution in [0.4, 0.5) is 0 Å². The van der Waals surface area contributed by atoms with Gasteiger partial charge in [-0.3, -0.25) is 19.4 Å². The number of nitrogens with one attached hydrogen (secondary N) is 1. The lowest BCUT2D eigenvalue weighted by Gasteiger charge is -2.33. The Morgan fingerprint density at radius 1 is 1.03 bits per heavy atom. The molecule has 9 heteroatoms. The Balaban J connectivity index is 1.36. The molecule has 1 aromatic carbocycles. The fourth-order valence-electron chi connectivity index (χ4n) is 5.66. The highest BCUT2D eigenvalue weighted by Gasteiger charge is 2.43. The smallest absolute Gasteiger partial charge is 0.264 e. The Labute approximate surface area is 224 Å². The van der Waals surface area contributed by atoms with Crippen molar-refractivity contribution >= 4 is 23.2 Å². The van der Waals surface area contributed by atoms with Crippen molar-refractivity contribution in [2.45, 2.75) is 31.5 Å². The summed E-state index contributed by atoms with van der Waals surface area (Å²) in [6.45, 7) is 9.91. The summed E-state index contributed by atoms with van der Waals surface area (Å²) in [7, 11) is 0. The lowest BCUT2D eigenvalue weighted by atomic mass is 10.1. The molecule has 1 N–H and O–H groups in total. The van der Waals surface area contributed by atoms with Gasteiger partial charge in [0.1, 0.15) is 6.04 Å². The average Bonchev–Trinajstić information content (AvgIpc) is 3.56. The SMILES string of the molecule is O=C(C1CC(N(CCN2CCOCC2)Cc2ccccc2)CN1C(=O)c1cccs1)N1CCCNCC1. The number of ether oxygens (including phenoxy) is 1. The minimum absolute atomic E-state index is 0.0170. The van der Waals surface area contributed by atoms with Crippen molar-refractivity contribution in [3.05, 3.63) is 58.3 Å². The van der Waals surface area contributed by atoms with Crippen LogP contribution < -0.4 is 5.32 Å². The Kier molecular flexibility index (Phi) is 9.23. The van der Waals surface area contributed by atoms with Gasteiger partial charge < -0.3 is 19.9 Å². The zero-order chi connectivity index (χ0) is 25.5. The van der Waals surface area contributed by atoms with E-state index >= 15 is 0 Å². The lowest BCUT2D eigenvalue weighted by molar-refractivity contribution is -0.135. The molecule has 3 aliphatic rings. The highest BCUT2D eigenvalue weighted by molar-refractivity contribution is 7.12. The number of thiophene rings is 1. The molecule has 0 aliphatic carbocycles. The van der Waals surface area contributed by atoms with E-state index in [-0.39, 0.29) is 17.9 Å². The molecule has 2 atom stereocenters. The predicted molar refractivity (Wildman–Crippen MR) is 146 cm³/mol. The van der Waals surface area contributed by atoms with E-state index in [0.29, 0.717) is 24.4 Å². The molecule has 2 unspecified atom stereocenters. The number of amides is 2. The average molecular weight is 526 g/mol. The van der Waals surface area contributed by atoms with Crippen LogP contribution in [0.3, 0.4) is 0 Å². The van der Waals surface area contributed by atoms with E-state index in [1.54, 1.807) is 0 Å². The van der Waals surface area contributed by atoms with Crippen LogP contribution in [-0.4, -0.2) is 116 Å². The molecule has 3 fully saturated rings. The Morgan fingerprint density at radius 2 is 1.86 bits per heavy atom. The minimum atomic E-state index is -0.417. The second kappa shape index (κ2) is 13.0. The number of nitrogens with zero attached hydrogens (tertiary/aromatic N) is 4. The molecule has 37 heavy (non-hydrogen) atoms. The van der Waals surface area contributed by atoms with Crippen molar-refractivity contribution in [2.24, 2.45) is 0 Å². The predicted octanol–water partition coefficient (Wildman–Crippen LogP) is 1.99. The third-order valence-electron chi connectivity index (χ3n) is 7.76. The summed E-state index contributed by atoms with van der Waals surface area (Å²) < 4.78 is 5.54. The molecule has 3 saturated heterocycles. The summed E-state index contributed by atoms with van der Waals surface area (Å²) in [6, 6.07) is 14.0. The van der Waals surface area contributed by atoms with E-state index in [9.17, 15) is 9.59 Å². The number of rotatable bonds is 8. The van der Waals surface area contributed by atoms with Crippen LogP contribution >= 0.6 is 11.3 Å². The van der Waals surface area contributed by atoms with E-state index in [1.807, 2.05) is 33.4 Å². The molecule has 200 valence electrons. The monoisotopic (exact) mass is 525 g/mol. The summed E-state index contributed by atoms with van der Waals surface area (Å²) in [5.74, 6) is 0.0839. The molecular weight excluding hydrogens is 486 g/mol. The van der Waals surface area contributed by atoms with Gasteiger partial charge in [0.05, 0.1) is 18.1 Å². The maximum Gasteiger partial charge on any atom is 0.264 e. The third kappa shape index (κ3) is 6.78. The molecule has 8 nitrogen and oxygen atoms in total. The van der Waals surface area contributed by atoms with Gasteiger partial charge in [0, 0.05) is 64.9 Å². The molecular formula is C28H39N5O3S. The van der Waals surface area contributed by atoms with E-state index in [0.717, 1.165) is 72.0 Å². The summed E-state index contributed by atoms with van der Waals surface area (Å²) in [4.78, 5) is 36.9. The van der Waals surface area contributed by atoms with Crippen molar-refractivity contribution in [1.29, 1.82) is 0 Å². The number of carbonyl (C=O) groups excluding carboxylic acids is 2. The van der Waals surface area contributed by atoms with E-state index < -0.39 is 6.04 Å². The number of carbonyl (C=O) groups is 2. The van der Waals surface area contributed by atoms with Crippen LogP contribution in [0.15, 0.2) is 47.8 Å². The summed E-state index contributed by atoms with van der Waals surface area (Å²) in [5, 5.41) is 5.32. The van der Waals surface area contributed by atoms with E-state index in [4.69, 9.17) is 4.74 Å². The quantitative estimate of drug-likeness (QED) is 0.569. The van der Waals surface area contributed by atoms with Crippen molar-refractivity contribution in [3.8, 4) is 0 Å². The summed E-state index contributed by atoms with van der Waals surface area (Å²) in [6.07, 6.45) is 1.62. The number of likely N-dealkylation sites (tertiary alicyclic amines) is 1.